The molecule has 0 fully saturated rings. The number of aryl methyl sites for hydroxylation is 1. The van der Waals surface area contributed by atoms with Crippen LogP contribution in [0.5, 0.6) is 11.5 Å². The van der Waals surface area contributed by atoms with Gasteiger partial charge in [-0.15, -0.1) is 0 Å². The Bertz CT molecular complexity index is 1530. The van der Waals surface area contributed by atoms with Gasteiger partial charge in [-0.05, 0) is 60.9 Å². The fourth-order valence-corrected chi connectivity index (χ4v) is 4.10. The molecule has 3 aromatic carbocycles. The highest BCUT2D eigenvalue weighted by Crippen LogP contribution is 2.29. The molecule has 0 spiro atoms. The molecule has 0 saturated carbocycles. The molecule has 37 heavy (non-hydrogen) atoms. The van der Waals surface area contributed by atoms with Crippen molar-refractivity contribution >= 4 is 38.7 Å². The van der Waals surface area contributed by atoms with Crippen LogP contribution in [0.15, 0.2) is 75.0 Å². The van der Waals surface area contributed by atoms with Crippen LogP contribution in [0.3, 0.4) is 0 Å². The van der Waals surface area contributed by atoms with Gasteiger partial charge in [0.05, 0.1) is 28.6 Å². The molecule has 0 unspecified atom stereocenters. The Morgan fingerprint density at radius 3 is 2.68 bits per heavy atom. The first-order valence-corrected chi connectivity index (χ1v) is 12.6. The second kappa shape index (κ2) is 11.8. The van der Waals surface area contributed by atoms with Gasteiger partial charge in [-0.25, -0.2) is 4.98 Å². The van der Waals surface area contributed by atoms with E-state index in [0.29, 0.717) is 52.4 Å². The van der Waals surface area contributed by atoms with Gasteiger partial charge in [0.25, 0.3) is 11.2 Å². The molecule has 0 saturated heterocycles. The molecule has 10 heteroatoms. The molecule has 0 aliphatic heterocycles. The predicted molar refractivity (Wildman–Crippen MR) is 146 cm³/mol. The van der Waals surface area contributed by atoms with Crippen molar-refractivity contribution < 1.29 is 14.4 Å². The SMILES string of the molecule is CCCc1nc2ccc(Br)cc2c(=O)n1N=Cc1ccc(OCc2cccc([N+](=O)[O-])c2)c(OCC)c1. The zero-order chi connectivity index (χ0) is 26.4. The third kappa shape index (κ3) is 6.21. The van der Waals surface area contributed by atoms with Crippen molar-refractivity contribution in [3.8, 4) is 11.5 Å². The van der Waals surface area contributed by atoms with Crippen molar-refractivity contribution in [2.24, 2.45) is 5.10 Å². The van der Waals surface area contributed by atoms with Gasteiger partial charge in [-0.2, -0.15) is 9.78 Å². The van der Waals surface area contributed by atoms with Crippen LogP contribution in [0.4, 0.5) is 5.69 Å². The molecule has 9 nitrogen and oxygen atoms in total. The summed E-state index contributed by atoms with van der Waals surface area (Å²) >= 11 is 3.41. The second-order valence-electron chi connectivity index (χ2n) is 8.16. The quantitative estimate of drug-likeness (QED) is 0.135. The molecule has 4 aromatic rings. The van der Waals surface area contributed by atoms with E-state index >= 15 is 0 Å². The van der Waals surface area contributed by atoms with E-state index in [-0.39, 0.29) is 17.9 Å². The maximum Gasteiger partial charge on any atom is 0.282 e. The first kappa shape index (κ1) is 26.0. The number of non-ortho nitro benzene ring substituents is 1. The number of nitro groups is 1. The molecule has 0 aliphatic rings. The van der Waals surface area contributed by atoms with Crippen molar-refractivity contribution in [2.45, 2.75) is 33.3 Å². The Hall–Kier alpha value is -4.05. The van der Waals surface area contributed by atoms with Gasteiger partial charge in [0, 0.05) is 23.0 Å². The zero-order valence-electron chi connectivity index (χ0n) is 20.4. The minimum absolute atomic E-state index is 0.00548. The van der Waals surface area contributed by atoms with Crippen LogP contribution in [0, 0.1) is 10.1 Å². The van der Waals surface area contributed by atoms with Gasteiger partial charge in [0.2, 0.25) is 0 Å². The summed E-state index contributed by atoms with van der Waals surface area (Å²) in [6.45, 7) is 4.44. The molecule has 4 rings (SSSR count). The summed E-state index contributed by atoms with van der Waals surface area (Å²) in [5.74, 6) is 1.57. The first-order chi connectivity index (χ1) is 17.9. The number of hydrogen-bond acceptors (Lipinski definition) is 7. The number of ether oxygens (including phenoxy) is 2. The molecule has 0 N–H and O–H groups in total. The number of hydrogen-bond donors (Lipinski definition) is 0. The third-order valence-corrected chi connectivity index (χ3v) is 5.95. The summed E-state index contributed by atoms with van der Waals surface area (Å²) in [4.78, 5) is 28.5. The van der Waals surface area contributed by atoms with E-state index in [2.05, 4.69) is 26.0 Å². The number of benzene rings is 3. The molecule has 190 valence electrons. The maximum atomic E-state index is 13.2. The third-order valence-electron chi connectivity index (χ3n) is 5.45. The highest BCUT2D eigenvalue weighted by molar-refractivity contribution is 9.10. The van der Waals surface area contributed by atoms with Gasteiger partial charge < -0.3 is 9.47 Å². The van der Waals surface area contributed by atoms with E-state index in [4.69, 9.17) is 9.47 Å². The Labute approximate surface area is 221 Å². The maximum absolute atomic E-state index is 13.2. The minimum Gasteiger partial charge on any atom is -0.490 e. The summed E-state index contributed by atoms with van der Waals surface area (Å²) in [5.41, 5.74) is 1.77. The lowest BCUT2D eigenvalue weighted by Gasteiger charge is -2.13. The largest absolute Gasteiger partial charge is 0.490 e. The van der Waals surface area contributed by atoms with E-state index < -0.39 is 4.92 Å². The molecular weight excluding hydrogens is 540 g/mol. The Kier molecular flexibility index (Phi) is 8.29. The fourth-order valence-electron chi connectivity index (χ4n) is 3.74. The van der Waals surface area contributed by atoms with E-state index in [1.54, 1.807) is 42.6 Å². The molecule has 0 aliphatic carbocycles. The number of aromatic nitrogens is 2. The summed E-state index contributed by atoms with van der Waals surface area (Å²) in [6, 6.07) is 17.0. The summed E-state index contributed by atoms with van der Waals surface area (Å²) < 4.78 is 13.8. The van der Waals surface area contributed by atoms with Crippen LogP contribution in [0.1, 0.15) is 37.2 Å². The average molecular weight is 565 g/mol. The molecular formula is C27H25BrN4O5. The predicted octanol–water partition coefficient (Wildman–Crippen LogP) is 5.88. The lowest BCUT2D eigenvalue weighted by Crippen LogP contribution is -2.22. The Balaban J connectivity index is 1.62. The lowest BCUT2D eigenvalue weighted by atomic mass is 10.2. The fraction of sp³-hybridized carbons (Fsp3) is 0.222. The van der Waals surface area contributed by atoms with Crippen LogP contribution in [0.2, 0.25) is 0 Å². The van der Waals surface area contributed by atoms with Gasteiger partial charge in [-0.1, -0.05) is 35.0 Å². The van der Waals surface area contributed by atoms with Crippen LogP contribution in [0.25, 0.3) is 10.9 Å². The van der Waals surface area contributed by atoms with Crippen LogP contribution < -0.4 is 15.0 Å². The van der Waals surface area contributed by atoms with Gasteiger partial charge >= 0.3 is 0 Å². The first-order valence-electron chi connectivity index (χ1n) is 11.8. The molecule has 1 heterocycles. The van der Waals surface area contributed by atoms with Gasteiger partial charge in [-0.3, -0.25) is 14.9 Å². The highest BCUT2D eigenvalue weighted by Gasteiger charge is 2.12. The van der Waals surface area contributed by atoms with Crippen molar-refractivity contribution in [3.63, 3.8) is 0 Å². The summed E-state index contributed by atoms with van der Waals surface area (Å²) in [5, 5.41) is 16.0. The van der Waals surface area contributed by atoms with E-state index in [1.165, 1.54) is 16.8 Å². The molecule has 0 amide bonds. The van der Waals surface area contributed by atoms with E-state index in [0.717, 1.165) is 10.9 Å². The van der Waals surface area contributed by atoms with Gasteiger partial charge in [0.15, 0.2) is 11.5 Å². The summed E-state index contributed by atoms with van der Waals surface area (Å²) in [6.07, 6.45) is 3.00. The minimum atomic E-state index is -0.440. The molecule has 0 radical (unpaired) electrons. The molecule has 1 aromatic heterocycles. The van der Waals surface area contributed by atoms with E-state index in [1.807, 2.05) is 26.0 Å². The topological polar surface area (TPSA) is 109 Å². The van der Waals surface area contributed by atoms with E-state index in [9.17, 15) is 14.9 Å². The smallest absolute Gasteiger partial charge is 0.282 e. The van der Waals surface area contributed by atoms with Crippen molar-refractivity contribution in [1.29, 1.82) is 0 Å². The zero-order valence-corrected chi connectivity index (χ0v) is 22.0. The number of rotatable bonds is 10. The highest BCUT2D eigenvalue weighted by atomic mass is 79.9. The monoisotopic (exact) mass is 564 g/mol. The number of halogens is 1. The van der Waals surface area contributed by atoms with Gasteiger partial charge in [0.1, 0.15) is 12.4 Å². The van der Waals surface area contributed by atoms with Crippen molar-refractivity contribution in [3.05, 3.63) is 103 Å². The Morgan fingerprint density at radius 1 is 1.08 bits per heavy atom. The van der Waals surface area contributed by atoms with Crippen LogP contribution >= 0.6 is 15.9 Å². The second-order valence-corrected chi connectivity index (χ2v) is 9.07. The number of nitro benzene ring substituents is 1. The average Bonchev–Trinajstić information content (AvgIpc) is 2.89. The van der Waals surface area contributed by atoms with Crippen LogP contribution in [-0.2, 0) is 13.0 Å². The normalized spacial score (nSPS) is 11.2. The number of fused-ring (bicyclic) bond motifs is 1. The standard InChI is InChI=1S/C27H25BrN4O5/c1-3-6-26-30-23-11-10-20(28)15-22(23)27(33)31(26)29-16-18-9-12-24(25(14-18)36-4-2)37-17-19-7-5-8-21(13-19)32(34)35/h5,7-16H,3-4,6,17H2,1-2H3. The van der Waals surface area contributed by atoms with Crippen molar-refractivity contribution in [2.75, 3.05) is 6.61 Å². The Morgan fingerprint density at radius 2 is 1.92 bits per heavy atom. The molecule has 0 bridgehead atoms. The van der Waals surface area contributed by atoms with Crippen molar-refractivity contribution in [1.82, 2.24) is 9.66 Å². The number of nitrogens with zero attached hydrogens (tertiary/aromatic N) is 4. The summed E-state index contributed by atoms with van der Waals surface area (Å²) in [7, 11) is 0. The molecule has 0 atom stereocenters. The lowest BCUT2D eigenvalue weighted by molar-refractivity contribution is -0.384. The van der Waals surface area contributed by atoms with Crippen LogP contribution in [-0.4, -0.2) is 27.4 Å².